The summed E-state index contributed by atoms with van der Waals surface area (Å²) in [5.41, 5.74) is 2.20. The van der Waals surface area contributed by atoms with Gasteiger partial charge in [0.15, 0.2) is 17.3 Å². The second kappa shape index (κ2) is 7.82. The highest BCUT2D eigenvalue weighted by molar-refractivity contribution is 5.80. The number of rotatable bonds is 5. The molecule has 0 aliphatic rings. The first-order chi connectivity index (χ1) is 13.3. The predicted molar refractivity (Wildman–Crippen MR) is 96.8 cm³/mol. The van der Waals surface area contributed by atoms with Crippen molar-refractivity contribution in [3.05, 3.63) is 82.0 Å². The maximum absolute atomic E-state index is 13.1. The molecule has 0 saturated heterocycles. The smallest absolute Gasteiger partial charge is 0.261 e. The second-order valence-electron chi connectivity index (χ2n) is 5.54. The van der Waals surface area contributed by atoms with Gasteiger partial charge < -0.3 is 0 Å². The number of alkyl halides is 3. The van der Waals surface area contributed by atoms with E-state index in [0.29, 0.717) is 11.1 Å². The summed E-state index contributed by atoms with van der Waals surface area (Å²) in [5.74, 6) is -0.234. The molecule has 0 fully saturated rings. The monoisotopic (exact) mass is 387 g/mol. The van der Waals surface area contributed by atoms with Gasteiger partial charge in [0.25, 0.3) is 5.69 Å². The van der Waals surface area contributed by atoms with Gasteiger partial charge in [0.05, 0.1) is 11.1 Å². The zero-order valence-corrected chi connectivity index (χ0v) is 14.1. The Kier molecular flexibility index (Phi) is 5.30. The van der Waals surface area contributed by atoms with Crippen LogP contribution in [0.15, 0.2) is 65.8 Å². The Morgan fingerprint density at radius 2 is 1.71 bits per heavy atom. The predicted octanol–water partition coefficient (Wildman–Crippen LogP) is 4.52. The van der Waals surface area contributed by atoms with Crippen molar-refractivity contribution < 1.29 is 18.1 Å². The lowest BCUT2D eigenvalue weighted by Crippen LogP contribution is -2.11. The lowest BCUT2D eigenvalue weighted by atomic mass is 10.2. The topological polar surface area (TPSA) is 93.3 Å². The van der Waals surface area contributed by atoms with Crippen LogP contribution in [0, 0.1) is 10.1 Å². The van der Waals surface area contributed by atoms with Crippen molar-refractivity contribution >= 4 is 17.7 Å². The summed E-state index contributed by atoms with van der Waals surface area (Å²) in [6, 6.07) is 14.5. The minimum absolute atomic E-state index is 0.0803. The standard InChI is InChI=1S/C18H12F3N5O2/c19-18(20,21)15-10-16(24-17(23-15)13-4-2-1-3-5-13)25-22-11-12-6-8-14(9-7-12)26(27)28/h1-11H,(H,23,24,25)/b22-11-. The molecule has 142 valence electrons. The molecule has 0 bridgehead atoms. The molecular weight excluding hydrogens is 375 g/mol. The number of hydrogen-bond acceptors (Lipinski definition) is 6. The molecule has 7 nitrogen and oxygen atoms in total. The number of nitro groups is 1. The van der Waals surface area contributed by atoms with Crippen LogP contribution < -0.4 is 5.43 Å². The molecule has 0 aliphatic carbocycles. The van der Waals surface area contributed by atoms with E-state index >= 15 is 0 Å². The summed E-state index contributed by atoms with van der Waals surface area (Å²) in [4.78, 5) is 17.7. The first-order valence-corrected chi connectivity index (χ1v) is 7.88. The van der Waals surface area contributed by atoms with Gasteiger partial charge in [-0.2, -0.15) is 18.3 Å². The lowest BCUT2D eigenvalue weighted by Gasteiger charge is -2.10. The van der Waals surface area contributed by atoms with Gasteiger partial charge in [-0.05, 0) is 17.7 Å². The van der Waals surface area contributed by atoms with E-state index in [0.717, 1.165) is 6.07 Å². The molecule has 0 saturated carbocycles. The molecule has 3 aromatic rings. The van der Waals surface area contributed by atoms with E-state index in [9.17, 15) is 23.3 Å². The number of hydrazone groups is 1. The van der Waals surface area contributed by atoms with Gasteiger partial charge in [-0.15, -0.1) is 0 Å². The van der Waals surface area contributed by atoms with Crippen molar-refractivity contribution in [1.82, 2.24) is 9.97 Å². The number of nitrogens with one attached hydrogen (secondary N) is 1. The Bertz CT molecular complexity index is 1010. The van der Waals surface area contributed by atoms with Crippen LogP contribution >= 0.6 is 0 Å². The van der Waals surface area contributed by atoms with Gasteiger partial charge in [-0.1, -0.05) is 30.3 Å². The molecule has 0 spiro atoms. The normalized spacial score (nSPS) is 11.5. The molecule has 1 aromatic heterocycles. The summed E-state index contributed by atoms with van der Waals surface area (Å²) in [7, 11) is 0. The van der Waals surface area contributed by atoms with E-state index in [1.807, 2.05) is 0 Å². The fourth-order valence-corrected chi connectivity index (χ4v) is 2.22. The van der Waals surface area contributed by atoms with Crippen molar-refractivity contribution in [2.45, 2.75) is 6.18 Å². The van der Waals surface area contributed by atoms with Crippen molar-refractivity contribution in [2.24, 2.45) is 5.10 Å². The Morgan fingerprint density at radius 3 is 2.32 bits per heavy atom. The first-order valence-electron chi connectivity index (χ1n) is 7.88. The summed E-state index contributed by atoms with van der Waals surface area (Å²) >= 11 is 0. The number of nitro benzene ring substituents is 1. The molecule has 0 aliphatic heterocycles. The zero-order chi connectivity index (χ0) is 20.1. The highest BCUT2D eigenvalue weighted by atomic mass is 19.4. The quantitative estimate of drug-likeness (QED) is 0.395. The largest absolute Gasteiger partial charge is 0.433 e. The average Bonchev–Trinajstić information content (AvgIpc) is 2.68. The van der Waals surface area contributed by atoms with Crippen LogP contribution in [0.4, 0.5) is 24.7 Å². The van der Waals surface area contributed by atoms with E-state index in [1.165, 1.54) is 30.5 Å². The van der Waals surface area contributed by atoms with Gasteiger partial charge in [0.1, 0.15) is 0 Å². The highest BCUT2D eigenvalue weighted by Gasteiger charge is 2.33. The molecule has 10 heteroatoms. The lowest BCUT2D eigenvalue weighted by molar-refractivity contribution is -0.384. The fraction of sp³-hybridized carbons (Fsp3) is 0.0556. The minimum Gasteiger partial charge on any atom is -0.261 e. The van der Waals surface area contributed by atoms with Gasteiger partial charge in [0.2, 0.25) is 0 Å². The minimum atomic E-state index is -4.65. The fourth-order valence-electron chi connectivity index (χ4n) is 2.22. The van der Waals surface area contributed by atoms with Gasteiger partial charge >= 0.3 is 6.18 Å². The maximum Gasteiger partial charge on any atom is 0.433 e. The summed E-state index contributed by atoms with van der Waals surface area (Å²) in [6.07, 6.45) is -3.34. The molecule has 3 rings (SSSR count). The van der Waals surface area contributed by atoms with Gasteiger partial charge in [-0.25, -0.2) is 9.97 Å². The molecule has 0 unspecified atom stereocenters. The summed E-state index contributed by atoms with van der Waals surface area (Å²) in [5, 5.41) is 14.5. The Hall–Kier alpha value is -3.82. The van der Waals surface area contributed by atoms with E-state index < -0.39 is 16.8 Å². The molecule has 0 radical (unpaired) electrons. The first kappa shape index (κ1) is 19.0. The number of hydrogen-bond donors (Lipinski definition) is 1. The Balaban J connectivity index is 1.85. The third-order valence-electron chi connectivity index (χ3n) is 3.55. The van der Waals surface area contributed by atoms with Crippen LogP contribution in [0.25, 0.3) is 11.4 Å². The van der Waals surface area contributed by atoms with Crippen LogP contribution in [0.1, 0.15) is 11.3 Å². The molecule has 2 aromatic carbocycles. The van der Waals surface area contributed by atoms with Crippen LogP contribution in [0.3, 0.4) is 0 Å². The van der Waals surface area contributed by atoms with E-state index in [4.69, 9.17) is 0 Å². The molecular formula is C18H12F3N5O2. The molecule has 1 N–H and O–H groups in total. The highest BCUT2D eigenvalue weighted by Crippen LogP contribution is 2.30. The Morgan fingerprint density at radius 1 is 1.04 bits per heavy atom. The van der Waals surface area contributed by atoms with E-state index in [2.05, 4.69) is 20.5 Å². The molecule has 1 heterocycles. The van der Waals surface area contributed by atoms with Crippen LogP contribution in [-0.4, -0.2) is 21.1 Å². The molecule has 0 amide bonds. The van der Waals surface area contributed by atoms with Crippen molar-refractivity contribution in [2.75, 3.05) is 5.43 Å². The van der Waals surface area contributed by atoms with Crippen LogP contribution in [0.5, 0.6) is 0 Å². The van der Waals surface area contributed by atoms with Crippen molar-refractivity contribution in [3.63, 3.8) is 0 Å². The number of anilines is 1. The second-order valence-corrected chi connectivity index (χ2v) is 5.54. The van der Waals surface area contributed by atoms with Crippen molar-refractivity contribution in [1.29, 1.82) is 0 Å². The van der Waals surface area contributed by atoms with Crippen LogP contribution in [0.2, 0.25) is 0 Å². The Labute approximate surface area is 156 Å². The summed E-state index contributed by atoms with van der Waals surface area (Å²) in [6.45, 7) is 0. The summed E-state index contributed by atoms with van der Waals surface area (Å²) < 4.78 is 39.4. The third kappa shape index (κ3) is 4.67. The molecule has 28 heavy (non-hydrogen) atoms. The van der Waals surface area contributed by atoms with E-state index in [-0.39, 0.29) is 17.3 Å². The number of aromatic nitrogens is 2. The SMILES string of the molecule is O=[N+]([O-])c1ccc(/C=N\Nc2cc(C(F)(F)F)nc(-c3ccccc3)n2)cc1. The number of nitrogens with zero attached hydrogens (tertiary/aromatic N) is 4. The average molecular weight is 387 g/mol. The number of halogens is 3. The van der Waals surface area contributed by atoms with Crippen LogP contribution in [-0.2, 0) is 6.18 Å². The number of non-ortho nitro benzene ring substituents is 1. The molecule has 0 atom stereocenters. The number of benzene rings is 2. The third-order valence-corrected chi connectivity index (χ3v) is 3.55. The van der Waals surface area contributed by atoms with Gasteiger partial charge in [0, 0.05) is 23.8 Å². The van der Waals surface area contributed by atoms with E-state index in [1.54, 1.807) is 30.3 Å². The van der Waals surface area contributed by atoms with Crippen molar-refractivity contribution in [3.8, 4) is 11.4 Å². The maximum atomic E-state index is 13.1. The zero-order valence-electron chi connectivity index (χ0n) is 14.1. The van der Waals surface area contributed by atoms with Gasteiger partial charge in [-0.3, -0.25) is 15.5 Å².